The zero-order chi connectivity index (χ0) is 16.7. The Morgan fingerprint density at radius 2 is 1.83 bits per heavy atom. The summed E-state index contributed by atoms with van der Waals surface area (Å²) in [7, 11) is 0. The molecule has 0 radical (unpaired) electrons. The van der Waals surface area contributed by atoms with Gasteiger partial charge in [0, 0.05) is 18.7 Å². The van der Waals surface area contributed by atoms with Crippen LogP contribution in [0.3, 0.4) is 0 Å². The van der Waals surface area contributed by atoms with E-state index in [2.05, 4.69) is 22.1 Å². The quantitative estimate of drug-likeness (QED) is 0.821. The molecule has 1 amide bonds. The minimum Gasteiger partial charge on any atom is -0.481 e. The summed E-state index contributed by atoms with van der Waals surface area (Å²) in [6.07, 6.45) is 1.43. The van der Waals surface area contributed by atoms with E-state index in [1.165, 1.54) is 0 Å². The highest BCUT2D eigenvalue weighted by molar-refractivity contribution is 5.91. The van der Waals surface area contributed by atoms with E-state index in [0.29, 0.717) is 5.82 Å². The van der Waals surface area contributed by atoms with Gasteiger partial charge < -0.3 is 15.3 Å². The van der Waals surface area contributed by atoms with Gasteiger partial charge in [-0.05, 0) is 31.2 Å². The zero-order valence-corrected chi connectivity index (χ0v) is 12.9. The van der Waals surface area contributed by atoms with Crippen molar-refractivity contribution in [1.29, 1.82) is 0 Å². The molecule has 6 heteroatoms. The van der Waals surface area contributed by atoms with Crippen LogP contribution in [0.25, 0.3) is 0 Å². The molecule has 0 bridgehead atoms. The molecule has 6 nitrogen and oxygen atoms in total. The number of para-hydroxylation sites is 1. The fourth-order valence-electron chi connectivity index (χ4n) is 2.17. The van der Waals surface area contributed by atoms with E-state index in [4.69, 9.17) is 5.11 Å². The largest absolute Gasteiger partial charge is 0.481 e. The van der Waals surface area contributed by atoms with Crippen molar-refractivity contribution in [2.24, 2.45) is 0 Å². The number of carbonyl (C=O) groups is 2. The molecule has 0 spiro atoms. The van der Waals surface area contributed by atoms with Crippen LogP contribution in [0.1, 0.15) is 19.8 Å². The van der Waals surface area contributed by atoms with Crippen molar-refractivity contribution in [3.63, 3.8) is 0 Å². The van der Waals surface area contributed by atoms with E-state index in [9.17, 15) is 9.59 Å². The number of hydrogen-bond acceptors (Lipinski definition) is 4. The lowest BCUT2D eigenvalue weighted by Gasteiger charge is -2.23. The van der Waals surface area contributed by atoms with E-state index in [1.807, 2.05) is 36.4 Å². The molecule has 1 heterocycles. The maximum absolute atomic E-state index is 11.6. The lowest BCUT2D eigenvalue weighted by Crippen LogP contribution is -2.17. The van der Waals surface area contributed by atoms with Gasteiger partial charge in [-0.15, -0.1) is 0 Å². The van der Waals surface area contributed by atoms with Crippen LogP contribution in [-0.4, -0.2) is 28.5 Å². The molecule has 0 aliphatic rings. The molecule has 1 aromatic heterocycles. The Labute approximate surface area is 134 Å². The summed E-state index contributed by atoms with van der Waals surface area (Å²) in [6, 6.07) is 13.5. The number of pyridine rings is 1. The number of anilines is 3. The van der Waals surface area contributed by atoms with E-state index in [1.54, 1.807) is 12.3 Å². The van der Waals surface area contributed by atoms with Crippen LogP contribution >= 0.6 is 0 Å². The fraction of sp³-hybridized carbons (Fsp3) is 0.235. The summed E-state index contributed by atoms with van der Waals surface area (Å²) in [5.41, 5.74) is 1.98. The van der Waals surface area contributed by atoms with Crippen molar-refractivity contribution in [3.05, 3.63) is 48.7 Å². The molecule has 0 atom stereocenters. The first kappa shape index (κ1) is 16.5. The molecule has 2 aromatic rings. The topological polar surface area (TPSA) is 82.5 Å². The van der Waals surface area contributed by atoms with Crippen LogP contribution in [0.5, 0.6) is 0 Å². The van der Waals surface area contributed by atoms with Gasteiger partial charge >= 0.3 is 5.97 Å². The van der Waals surface area contributed by atoms with Crippen LogP contribution in [0, 0.1) is 0 Å². The fourth-order valence-corrected chi connectivity index (χ4v) is 2.17. The lowest BCUT2D eigenvalue weighted by molar-refractivity contribution is -0.138. The third-order valence-electron chi connectivity index (χ3n) is 3.28. The number of rotatable bonds is 7. The molecule has 1 aromatic carbocycles. The first-order chi connectivity index (χ1) is 11.1. The van der Waals surface area contributed by atoms with Crippen LogP contribution < -0.4 is 10.2 Å². The maximum Gasteiger partial charge on any atom is 0.303 e. The first-order valence-electron chi connectivity index (χ1n) is 7.40. The Hall–Kier alpha value is -2.89. The smallest absolute Gasteiger partial charge is 0.303 e. The Kier molecular flexibility index (Phi) is 5.68. The minimum absolute atomic E-state index is 0.0656. The highest BCUT2D eigenvalue weighted by atomic mass is 16.4. The number of amides is 1. The van der Waals surface area contributed by atoms with Gasteiger partial charge in [0.2, 0.25) is 5.91 Å². The average molecular weight is 313 g/mol. The van der Waals surface area contributed by atoms with E-state index in [-0.39, 0.29) is 18.7 Å². The number of benzene rings is 1. The normalized spacial score (nSPS) is 10.1. The number of aromatic nitrogens is 1. The maximum atomic E-state index is 11.6. The Morgan fingerprint density at radius 3 is 2.39 bits per heavy atom. The second-order valence-corrected chi connectivity index (χ2v) is 4.92. The number of nitrogens with one attached hydrogen (secondary N) is 1. The molecule has 2 N–H and O–H groups in total. The lowest BCUT2D eigenvalue weighted by atomic mass is 10.2. The number of aliphatic carboxylic acids is 1. The van der Waals surface area contributed by atoms with Crippen molar-refractivity contribution in [1.82, 2.24) is 4.98 Å². The van der Waals surface area contributed by atoms with E-state index in [0.717, 1.165) is 17.9 Å². The summed E-state index contributed by atoms with van der Waals surface area (Å²) in [6.45, 7) is 2.84. The van der Waals surface area contributed by atoms with Crippen molar-refractivity contribution >= 4 is 29.1 Å². The number of hydrogen-bond donors (Lipinski definition) is 2. The second kappa shape index (κ2) is 7.93. The van der Waals surface area contributed by atoms with Gasteiger partial charge in [0.1, 0.15) is 5.82 Å². The second-order valence-electron chi connectivity index (χ2n) is 4.92. The molecule has 0 saturated carbocycles. The third kappa shape index (κ3) is 4.81. The molecule has 0 aliphatic carbocycles. The SMILES string of the molecule is CCN(c1ccccc1)c1ccc(NC(=O)CCC(=O)O)nc1. The molecular weight excluding hydrogens is 294 g/mol. The summed E-state index contributed by atoms with van der Waals surface area (Å²) >= 11 is 0. The van der Waals surface area contributed by atoms with Crippen LogP contribution in [-0.2, 0) is 9.59 Å². The Balaban J connectivity index is 2.03. The molecular formula is C17H19N3O3. The van der Waals surface area contributed by atoms with Crippen LogP contribution in [0.2, 0.25) is 0 Å². The van der Waals surface area contributed by atoms with Crippen LogP contribution in [0.15, 0.2) is 48.7 Å². The van der Waals surface area contributed by atoms with Crippen molar-refractivity contribution < 1.29 is 14.7 Å². The first-order valence-corrected chi connectivity index (χ1v) is 7.40. The molecule has 2 rings (SSSR count). The van der Waals surface area contributed by atoms with Crippen molar-refractivity contribution in [3.8, 4) is 0 Å². The number of nitrogens with zero attached hydrogens (tertiary/aromatic N) is 2. The molecule has 0 fully saturated rings. The van der Waals surface area contributed by atoms with Gasteiger partial charge in [-0.1, -0.05) is 18.2 Å². The minimum atomic E-state index is -0.995. The predicted molar refractivity (Wildman–Crippen MR) is 88.9 cm³/mol. The van der Waals surface area contributed by atoms with E-state index < -0.39 is 5.97 Å². The summed E-state index contributed by atoms with van der Waals surface area (Å²) < 4.78 is 0. The van der Waals surface area contributed by atoms with Gasteiger partial charge in [0.25, 0.3) is 0 Å². The number of carboxylic acids is 1. The van der Waals surface area contributed by atoms with Gasteiger partial charge in [0.15, 0.2) is 0 Å². The highest BCUT2D eigenvalue weighted by Crippen LogP contribution is 2.24. The Morgan fingerprint density at radius 1 is 1.09 bits per heavy atom. The summed E-state index contributed by atoms with van der Waals surface area (Å²) in [5.74, 6) is -0.943. The summed E-state index contributed by atoms with van der Waals surface area (Å²) in [4.78, 5) is 28.4. The zero-order valence-electron chi connectivity index (χ0n) is 12.9. The van der Waals surface area contributed by atoms with Gasteiger partial charge in [-0.2, -0.15) is 0 Å². The molecule has 23 heavy (non-hydrogen) atoms. The predicted octanol–water partition coefficient (Wildman–Crippen LogP) is 3.04. The van der Waals surface area contributed by atoms with Gasteiger partial charge in [0.05, 0.1) is 18.3 Å². The van der Waals surface area contributed by atoms with E-state index >= 15 is 0 Å². The Bertz CT molecular complexity index is 657. The summed E-state index contributed by atoms with van der Waals surface area (Å²) in [5, 5.41) is 11.1. The molecule has 0 aliphatic heterocycles. The monoisotopic (exact) mass is 313 g/mol. The van der Waals surface area contributed by atoms with Gasteiger partial charge in [-0.3, -0.25) is 9.59 Å². The standard InChI is InChI=1S/C17H19N3O3/c1-2-20(13-6-4-3-5-7-13)14-8-9-15(18-12-14)19-16(21)10-11-17(22)23/h3-9,12H,2,10-11H2,1H3,(H,22,23)(H,18,19,21). The van der Waals surface area contributed by atoms with Gasteiger partial charge in [-0.25, -0.2) is 4.98 Å². The number of carbonyl (C=O) groups excluding carboxylic acids is 1. The van der Waals surface area contributed by atoms with Crippen molar-refractivity contribution in [2.45, 2.75) is 19.8 Å². The average Bonchev–Trinajstić information content (AvgIpc) is 2.56. The molecule has 0 saturated heterocycles. The molecule has 0 unspecified atom stereocenters. The highest BCUT2D eigenvalue weighted by Gasteiger charge is 2.09. The van der Waals surface area contributed by atoms with Crippen LogP contribution in [0.4, 0.5) is 17.2 Å². The van der Waals surface area contributed by atoms with Crippen molar-refractivity contribution in [2.75, 3.05) is 16.8 Å². The third-order valence-corrected chi connectivity index (χ3v) is 3.28. The number of carboxylic acid groups (broad SMARTS) is 1. The molecule has 120 valence electrons.